The van der Waals surface area contributed by atoms with Crippen molar-refractivity contribution < 1.29 is 4.74 Å². The van der Waals surface area contributed by atoms with Crippen LogP contribution in [0.25, 0.3) is 0 Å². The summed E-state index contributed by atoms with van der Waals surface area (Å²) < 4.78 is 7.49. The molecule has 162 valence electrons. The minimum Gasteiger partial charge on any atom is -0.379 e. The molecule has 1 aromatic heterocycles. The Kier molecular flexibility index (Phi) is 12.7. The highest BCUT2D eigenvalue weighted by atomic mass is 127. The molecule has 0 aromatic carbocycles. The quantitative estimate of drug-likeness (QED) is 0.290. The molecule has 2 rings (SSSR count). The first-order chi connectivity index (χ1) is 13.1. The van der Waals surface area contributed by atoms with E-state index in [-0.39, 0.29) is 24.0 Å². The van der Waals surface area contributed by atoms with Gasteiger partial charge in [-0.05, 0) is 31.2 Å². The van der Waals surface area contributed by atoms with E-state index in [1.807, 2.05) is 23.1 Å². The maximum Gasteiger partial charge on any atom is 0.191 e. The number of aromatic nitrogens is 2. The van der Waals surface area contributed by atoms with E-state index in [4.69, 9.17) is 9.73 Å². The third-order valence-corrected chi connectivity index (χ3v) is 4.77. The predicted octanol–water partition coefficient (Wildman–Crippen LogP) is 2.44. The molecule has 28 heavy (non-hydrogen) atoms. The fourth-order valence-corrected chi connectivity index (χ4v) is 3.44. The minimum atomic E-state index is 0. The van der Waals surface area contributed by atoms with Crippen LogP contribution in [0.15, 0.2) is 23.5 Å². The number of halogens is 1. The number of hydrogen-bond donors (Lipinski definition) is 2. The van der Waals surface area contributed by atoms with E-state index in [2.05, 4.69) is 48.3 Å². The lowest BCUT2D eigenvalue weighted by molar-refractivity contribution is 0.0132. The molecule has 2 atom stereocenters. The summed E-state index contributed by atoms with van der Waals surface area (Å²) in [4.78, 5) is 7.36. The van der Waals surface area contributed by atoms with Gasteiger partial charge in [0.2, 0.25) is 0 Å². The summed E-state index contributed by atoms with van der Waals surface area (Å²) in [6.45, 7) is 16.1. The molecular weight excluding hydrogens is 467 g/mol. The van der Waals surface area contributed by atoms with E-state index in [1.54, 1.807) is 0 Å². The van der Waals surface area contributed by atoms with Gasteiger partial charge in [0.25, 0.3) is 0 Å². The molecule has 1 fully saturated rings. The zero-order chi connectivity index (χ0) is 19.5. The van der Waals surface area contributed by atoms with Gasteiger partial charge in [0.1, 0.15) is 0 Å². The zero-order valence-electron chi connectivity index (χ0n) is 17.9. The third-order valence-electron chi connectivity index (χ3n) is 4.77. The Hall–Kier alpha value is -0.870. The monoisotopic (exact) mass is 506 g/mol. The van der Waals surface area contributed by atoms with E-state index >= 15 is 0 Å². The van der Waals surface area contributed by atoms with Crippen LogP contribution in [0, 0.1) is 11.8 Å². The minimum absolute atomic E-state index is 0. The standard InChI is InChI=1S/C20H38N6O.HI/c1-5-21-20(22-14-18(4)16-26-8-6-7-24-26)23-15-19(13-17(2)3)25-9-11-27-12-10-25;/h6-8,17-19H,5,9-16H2,1-4H3,(H2,21,22,23);1H. The SMILES string of the molecule is CCNC(=NCC(C)Cn1cccn1)NCC(CC(C)C)N1CCOCC1.I. The van der Waals surface area contributed by atoms with Gasteiger partial charge in [0.15, 0.2) is 5.96 Å². The number of rotatable bonds is 10. The first kappa shape index (κ1) is 25.2. The molecule has 1 aromatic rings. The van der Waals surface area contributed by atoms with E-state index < -0.39 is 0 Å². The fourth-order valence-electron chi connectivity index (χ4n) is 3.44. The lowest BCUT2D eigenvalue weighted by Gasteiger charge is -2.35. The molecule has 0 aliphatic carbocycles. The van der Waals surface area contributed by atoms with Crippen LogP contribution >= 0.6 is 24.0 Å². The van der Waals surface area contributed by atoms with Crippen LogP contribution in [0.3, 0.4) is 0 Å². The first-order valence-electron chi connectivity index (χ1n) is 10.4. The molecule has 8 heteroatoms. The molecule has 0 saturated carbocycles. The van der Waals surface area contributed by atoms with Crippen molar-refractivity contribution in [2.75, 3.05) is 45.9 Å². The van der Waals surface area contributed by atoms with Gasteiger partial charge in [-0.25, -0.2) is 0 Å². The van der Waals surface area contributed by atoms with Gasteiger partial charge in [0.05, 0.1) is 13.2 Å². The summed E-state index contributed by atoms with van der Waals surface area (Å²) >= 11 is 0. The summed E-state index contributed by atoms with van der Waals surface area (Å²) in [5, 5.41) is 11.2. The first-order valence-corrected chi connectivity index (χ1v) is 10.4. The molecule has 2 heterocycles. The van der Waals surface area contributed by atoms with E-state index in [0.29, 0.717) is 17.9 Å². The number of hydrogen-bond acceptors (Lipinski definition) is 4. The van der Waals surface area contributed by atoms with Crippen LogP contribution in [-0.4, -0.2) is 72.6 Å². The Morgan fingerprint density at radius 1 is 1.21 bits per heavy atom. The largest absolute Gasteiger partial charge is 0.379 e. The number of aliphatic imine (C=N–C) groups is 1. The average molecular weight is 506 g/mol. The second-order valence-corrected chi connectivity index (χ2v) is 7.87. The lowest BCUT2D eigenvalue weighted by Crippen LogP contribution is -2.51. The third kappa shape index (κ3) is 9.56. The van der Waals surface area contributed by atoms with Gasteiger partial charge in [-0.3, -0.25) is 14.6 Å². The number of guanidine groups is 1. The van der Waals surface area contributed by atoms with Gasteiger partial charge < -0.3 is 15.4 Å². The summed E-state index contributed by atoms with van der Waals surface area (Å²) in [5.74, 6) is 2.02. The van der Waals surface area contributed by atoms with Gasteiger partial charge >= 0.3 is 0 Å². The molecule has 1 aliphatic heterocycles. The van der Waals surface area contributed by atoms with Gasteiger partial charge in [0, 0.05) is 57.7 Å². The van der Waals surface area contributed by atoms with E-state index in [1.165, 1.54) is 6.42 Å². The van der Waals surface area contributed by atoms with Crippen molar-refractivity contribution in [1.82, 2.24) is 25.3 Å². The fraction of sp³-hybridized carbons (Fsp3) is 0.800. The molecule has 0 spiro atoms. The lowest BCUT2D eigenvalue weighted by atomic mass is 10.0. The van der Waals surface area contributed by atoms with Crippen LogP contribution in [0.5, 0.6) is 0 Å². The summed E-state index contributed by atoms with van der Waals surface area (Å²) in [6, 6.07) is 2.47. The van der Waals surface area contributed by atoms with Crippen LogP contribution in [0.1, 0.15) is 34.1 Å². The highest BCUT2D eigenvalue weighted by molar-refractivity contribution is 14.0. The topological polar surface area (TPSA) is 66.7 Å². The number of nitrogens with zero attached hydrogens (tertiary/aromatic N) is 4. The molecule has 0 bridgehead atoms. The predicted molar refractivity (Wildman–Crippen MR) is 126 cm³/mol. The number of ether oxygens (including phenoxy) is 1. The molecule has 2 unspecified atom stereocenters. The van der Waals surface area contributed by atoms with Gasteiger partial charge in [-0.2, -0.15) is 5.10 Å². The average Bonchev–Trinajstić information content (AvgIpc) is 3.16. The maximum absolute atomic E-state index is 5.52. The Labute approximate surface area is 187 Å². The van der Waals surface area contributed by atoms with E-state index in [9.17, 15) is 0 Å². The molecule has 7 nitrogen and oxygen atoms in total. The Balaban J connectivity index is 0.00000392. The maximum atomic E-state index is 5.52. The molecule has 1 saturated heterocycles. The number of nitrogens with one attached hydrogen (secondary N) is 2. The smallest absolute Gasteiger partial charge is 0.191 e. The van der Waals surface area contributed by atoms with Gasteiger partial charge in [-0.1, -0.05) is 20.8 Å². The van der Waals surface area contributed by atoms with Crippen molar-refractivity contribution in [2.24, 2.45) is 16.8 Å². The Morgan fingerprint density at radius 3 is 2.57 bits per heavy atom. The summed E-state index contributed by atoms with van der Waals surface area (Å²) in [7, 11) is 0. The van der Waals surface area contributed by atoms with Crippen molar-refractivity contribution in [3.8, 4) is 0 Å². The molecule has 0 radical (unpaired) electrons. The highest BCUT2D eigenvalue weighted by Crippen LogP contribution is 2.13. The van der Waals surface area contributed by atoms with Crippen molar-refractivity contribution in [3.63, 3.8) is 0 Å². The number of morpholine rings is 1. The Bertz CT molecular complexity index is 531. The normalized spacial score (nSPS) is 17.8. The molecule has 2 N–H and O–H groups in total. The summed E-state index contributed by atoms with van der Waals surface area (Å²) in [5.41, 5.74) is 0. The van der Waals surface area contributed by atoms with Crippen molar-refractivity contribution in [1.29, 1.82) is 0 Å². The van der Waals surface area contributed by atoms with Crippen LogP contribution in [0.4, 0.5) is 0 Å². The van der Waals surface area contributed by atoms with Crippen LogP contribution < -0.4 is 10.6 Å². The summed E-state index contributed by atoms with van der Waals surface area (Å²) in [6.07, 6.45) is 5.01. The van der Waals surface area contributed by atoms with Crippen molar-refractivity contribution in [3.05, 3.63) is 18.5 Å². The zero-order valence-corrected chi connectivity index (χ0v) is 20.3. The van der Waals surface area contributed by atoms with E-state index in [0.717, 1.165) is 58.4 Å². The second-order valence-electron chi connectivity index (χ2n) is 7.87. The van der Waals surface area contributed by atoms with Gasteiger partial charge in [-0.15, -0.1) is 24.0 Å². The molecule has 1 aliphatic rings. The van der Waals surface area contributed by atoms with Crippen molar-refractivity contribution in [2.45, 2.75) is 46.7 Å². The molecule has 0 amide bonds. The Morgan fingerprint density at radius 2 is 1.96 bits per heavy atom. The van der Waals surface area contributed by atoms with Crippen molar-refractivity contribution >= 4 is 29.9 Å². The van der Waals surface area contributed by atoms with Crippen LogP contribution in [-0.2, 0) is 11.3 Å². The van der Waals surface area contributed by atoms with Crippen LogP contribution in [0.2, 0.25) is 0 Å². The second kappa shape index (κ2) is 14.2. The highest BCUT2D eigenvalue weighted by Gasteiger charge is 2.22. The molecular formula is C20H39IN6O.